The number of hydrogen-bond donors (Lipinski definition) is 3. The van der Waals surface area contributed by atoms with Gasteiger partial charge in [-0.15, -0.1) is 0 Å². The average molecular weight is 257 g/mol. The number of thiocarbonyl (C=S) groups is 1. The molecule has 1 heterocycles. The predicted octanol–water partition coefficient (Wildman–Crippen LogP) is 0.772. The molecule has 1 saturated heterocycles. The van der Waals surface area contributed by atoms with Crippen LogP contribution in [0.25, 0.3) is 0 Å². The summed E-state index contributed by atoms with van der Waals surface area (Å²) in [6, 6.07) is 0.578. The van der Waals surface area contributed by atoms with Crippen molar-refractivity contribution in [2.24, 2.45) is 0 Å². The van der Waals surface area contributed by atoms with Crippen molar-refractivity contribution in [1.82, 2.24) is 16.0 Å². The molecule has 0 spiro atoms. The summed E-state index contributed by atoms with van der Waals surface area (Å²) in [7, 11) is 0. The third-order valence-corrected chi connectivity index (χ3v) is 3.70. The second-order valence-corrected chi connectivity index (χ2v) is 5.29. The summed E-state index contributed by atoms with van der Waals surface area (Å²) < 4.78 is 5.61. The van der Waals surface area contributed by atoms with Gasteiger partial charge in [0.2, 0.25) is 0 Å². The lowest BCUT2D eigenvalue weighted by molar-refractivity contribution is 0.0319. The van der Waals surface area contributed by atoms with Crippen molar-refractivity contribution in [2.75, 3.05) is 26.2 Å². The first-order valence-corrected chi connectivity index (χ1v) is 7.12. The number of ether oxygens (including phenoxy) is 1. The highest BCUT2D eigenvalue weighted by Crippen LogP contribution is 2.17. The van der Waals surface area contributed by atoms with Crippen molar-refractivity contribution >= 4 is 17.3 Å². The Balaban J connectivity index is 1.59. The third-order valence-electron chi connectivity index (χ3n) is 3.44. The van der Waals surface area contributed by atoms with E-state index in [9.17, 15) is 0 Å². The Bertz CT molecular complexity index is 238. The minimum absolute atomic E-state index is 0.245. The zero-order valence-corrected chi connectivity index (χ0v) is 11.2. The van der Waals surface area contributed by atoms with Gasteiger partial charge in [0.1, 0.15) is 0 Å². The molecule has 2 fully saturated rings. The van der Waals surface area contributed by atoms with E-state index in [1.807, 2.05) is 0 Å². The maximum Gasteiger partial charge on any atom is 0.166 e. The van der Waals surface area contributed by atoms with Gasteiger partial charge in [0.25, 0.3) is 0 Å². The molecule has 5 heteroatoms. The zero-order chi connectivity index (χ0) is 11.9. The fourth-order valence-corrected chi connectivity index (χ4v) is 2.69. The van der Waals surface area contributed by atoms with Gasteiger partial charge < -0.3 is 20.7 Å². The molecule has 1 unspecified atom stereocenters. The van der Waals surface area contributed by atoms with E-state index in [4.69, 9.17) is 17.0 Å². The van der Waals surface area contributed by atoms with E-state index in [0.29, 0.717) is 6.04 Å². The lowest BCUT2D eigenvalue weighted by Gasteiger charge is -2.27. The van der Waals surface area contributed by atoms with Gasteiger partial charge in [-0.1, -0.05) is 19.3 Å². The van der Waals surface area contributed by atoms with E-state index >= 15 is 0 Å². The Morgan fingerprint density at radius 2 is 2.12 bits per heavy atom. The molecule has 0 radical (unpaired) electrons. The fraction of sp³-hybridized carbons (Fsp3) is 0.917. The molecule has 4 nitrogen and oxygen atoms in total. The lowest BCUT2D eigenvalue weighted by Crippen LogP contribution is -2.49. The molecule has 0 amide bonds. The van der Waals surface area contributed by atoms with Crippen LogP contribution in [-0.2, 0) is 4.74 Å². The standard InChI is InChI=1S/C12H23N3OS/c17-12(15-10-4-2-1-3-5-10)14-9-11-8-13-6-7-16-11/h10-11,13H,1-9H2,(H2,14,15,17). The first-order chi connectivity index (χ1) is 8.34. The van der Waals surface area contributed by atoms with Crippen LogP contribution in [0.4, 0.5) is 0 Å². The maximum atomic E-state index is 5.61. The van der Waals surface area contributed by atoms with Crippen LogP contribution in [0.2, 0.25) is 0 Å². The summed E-state index contributed by atoms with van der Waals surface area (Å²) >= 11 is 5.31. The number of rotatable bonds is 3. The van der Waals surface area contributed by atoms with Crippen molar-refractivity contribution in [3.63, 3.8) is 0 Å². The largest absolute Gasteiger partial charge is 0.374 e. The third kappa shape index (κ3) is 4.77. The minimum atomic E-state index is 0.245. The quantitative estimate of drug-likeness (QED) is 0.652. The number of morpholine rings is 1. The molecule has 3 N–H and O–H groups in total. The van der Waals surface area contributed by atoms with E-state index in [1.165, 1.54) is 32.1 Å². The molecule has 0 aromatic heterocycles. The lowest BCUT2D eigenvalue weighted by atomic mass is 9.96. The monoisotopic (exact) mass is 257 g/mol. The van der Waals surface area contributed by atoms with Gasteiger partial charge in [0.05, 0.1) is 12.7 Å². The summed E-state index contributed by atoms with van der Waals surface area (Å²) in [6.45, 7) is 3.47. The molecular weight excluding hydrogens is 234 g/mol. The van der Waals surface area contributed by atoms with Gasteiger partial charge in [-0.05, 0) is 25.1 Å². The van der Waals surface area contributed by atoms with Gasteiger partial charge in [0, 0.05) is 25.7 Å². The average Bonchev–Trinajstić information content (AvgIpc) is 2.39. The molecule has 0 bridgehead atoms. The SMILES string of the molecule is S=C(NCC1CNCCO1)NC1CCCCC1. The summed E-state index contributed by atoms with van der Waals surface area (Å²) in [6.07, 6.45) is 6.79. The van der Waals surface area contributed by atoms with Crippen LogP contribution in [0, 0.1) is 0 Å². The first kappa shape index (κ1) is 13.1. The van der Waals surface area contributed by atoms with Crippen molar-refractivity contribution in [2.45, 2.75) is 44.2 Å². The van der Waals surface area contributed by atoms with Crippen LogP contribution in [0.3, 0.4) is 0 Å². The van der Waals surface area contributed by atoms with E-state index < -0.39 is 0 Å². The van der Waals surface area contributed by atoms with Crippen molar-refractivity contribution in [3.05, 3.63) is 0 Å². The minimum Gasteiger partial charge on any atom is -0.374 e. The number of nitrogens with one attached hydrogen (secondary N) is 3. The van der Waals surface area contributed by atoms with Gasteiger partial charge in [-0.2, -0.15) is 0 Å². The molecule has 0 aromatic rings. The summed E-state index contributed by atoms with van der Waals surface area (Å²) in [5, 5.41) is 10.8. The van der Waals surface area contributed by atoms with E-state index in [0.717, 1.165) is 31.4 Å². The zero-order valence-electron chi connectivity index (χ0n) is 10.3. The number of hydrogen-bond acceptors (Lipinski definition) is 3. The van der Waals surface area contributed by atoms with E-state index in [-0.39, 0.29) is 6.10 Å². The highest BCUT2D eigenvalue weighted by atomic mass is 32.1. The van der Waals surface area contributed by atoms with Crippen LogP contribution in [0.15, 0.2) is 0 Å². The fourth-order valence-electron chi connectivity index (χ4n) is 2.44. The van der Waals surface area contributed by atoms with Crippen LogP contribution >= 0.6 is 12.2 Å². The van der Waals surface area contributed by atoms with Crippen LogP contribution in [0.1, 0.15) is 32.1 Å². The maximum absolute atomic E-state index is 5.61. The molecular formula is C12H23N3OS. The molecule has 2 aliphatic rings. The van der Waals surface area contributed by atoms with Gasteiger partial charge in [0.15, 0.2) is 5.11 Å². The second-order valence-electron chi connectivity index (χ2n) is 4.89. The van der Waals surface area contributed by atoms with Gasteiger partial charge >= 0.3 is 0 Å². The van der Waals surface area contributed by atoms with Crippen LogP contribution in [-0.4, -0.2) is 43.5 Å². The van der Waals surface area contributed by atoms with Crippen molar-refractivity contribution in [1.29, 1.82) is 0 Å². The van der Waals surface area contributed by atoms with E-state index in [1.54, 1.807) is 0 Å². The Labute approximate surface area is 109 Å². The normalized spacial score (nSPS) is 26.5. The highest BCUT2D eigenvalue weighted by Gasteiger charge is 2.16. The van der Waals surface area contributed by atoms with Crippen LogP contribution in [0.5, 0.6) is 0 Å². The van der Waals surface area contributed by atoms with Gasteiger partial charge in [-0.3, -0.25) is 0 Å². The van der Waals surface area contributed by atoms with Crippen molar-refractivity contribution in [3.8, 4) is 0 Å². The summed E-state index contributed by atoms with van der Waals surface area (Å²) in [5.41, 5.74) is 0. The molecule has 2 rings (SSSR count). The second kappa shape index (κ2) is 7.13. The Kier molecular flexibility index (Phi) is 5.48. The molecule has 1 aliphatic carbocycles. The predicted molar refractivity (Wildman–Crippen MR) is 73.2 cm³/mol. The highest BCUT2D eigenvalue weighted by molar-refractivity contribution is 7.80. The van der Waals surface area contributed by atoms with E-state index in [2.05, 4.69) is 16.0 Å². The smallest absolute Gasteiger partial charge is 0.166 e. The Morgan fingerprint density at radius 3 is 2.82 bits per heavy atom. The molecule has 1 aliphatic heterocycles. The summed E-state index contributed by atoms with van der Waals surface area (Å²) in [4.78, 5) is 0. The Morgan fingerprint density at radius 1 is 1.29 bits per heavy atom. The topological polar surface area (TPSA) is 45.3 Å². The molecule has 1 saturated carbocycles. The molecule has 17 heavy (non-hydrogen) atoms. The van der Waals surface area contributed by atoms with Crippen LogP contribution < -0.4 is 16.0 Å². The summed E-state index contributed by atoms with van der Waals surface area (Å²) in [5.74, 6) is 0. The molecule has 0 aromatic carbocycles. The first-order valence-electron chi connectivity index (χ1n) is 6.71. The van der Waals surface area contributed by atoms with Crippen molar-refractivity contribution < 1.29 is 4.74 Å². The molecule has 1 atom stereocenters. The Hall–Kier alpha value is -0.390. The molecule has 98 valence electrons. The van der Waals surface area contributed by atoms with Gasteiger partial charge in [-0.25, -0.2) is 0 Å².